The van der Waals surface area contributed by atoms with Gasteiger partial charge in [0.05, 0.1) is 41.5 Å². The van der Waals surface area contributed by atoms with Crippen LogP contribution in [0, 0.1) is 0 Å². The highest BCUT2D eigenvalue weighted by molar-refractivity contribution is 7.81. The summed E-state index contributed by atoms with van der Waals surface area (Å²) in [6.07, 6.45) is -7.27. The number of aliphatic imine (C=N–C) groups is 1. The Hall–Kier alpha value is -2.85. The molecular weight excluding hydrogens is 580 g/mol. The van der Waals surface area contributed by atoms with Gasteiger partial charge in [0.1, 0.15) is 11.9 Å². The van der Waals surface area contributed by atoms with Gasteiger partial charge in [-0.2, -0.15) is 26.3 Å². The molecule has 4 rings (SSSR count). The quantitative estimate of drug-likeness (QED) is 0.180. The SMILES string of the molecule is CC(=NC(C(=O)N1C2CCC1CC2)C(=S)c1cnc(N[C@@H](C)C(F)(F)F)cc1C(F)(F)F)C(=O)N[C@H]1COC[C@H]1O. The molecule has 1 aromatic heterocycles. The molecule has 1 unspecified atom stereocenters. The molecule has 3 saturated heterocycles. The molecule has 4 heterocycles. The molecule has 16 heteroatoms. The lowest BCUT2D eigenvalue weighted by atomic mass is 10.00. The van der Waals surface area contributed by atoms with Crippen molar-refractivity contribution in [2.75, 3.05) is 18.5 Å². The van der Waals surface area contributed by atoms with Crippen molar-refractivity contribution in [3.05, 3.63) is 23.4 Å². The molecule has 0 aliphatic carbocycles. The predicted octanol–water partition coefficient (Wildman–Crippen LogP) is 3.04. The van der Waals surface area contributed by atoms with Crippen LogP contribution in [-0.4, -0.2) is 93.1 Å². The number of aliphatic hydroxyl groups is 1. The number of nitrogens with one attached hydrogen (secondary N) is 2. The summed E-state index contributed by atoms with van der Waals surface area (Å²) < 4.78 is 86.5. The number of pyridine rings is 1. The van der Waals surface area contributed by atoms with Gasteiger partial charge >= 0.3 is 12.4 Å². The second kappa shape index (κ2) is 11.8. The Bertz CT molecular complexity index is 1210. The number of nitrogens with zero attached hydrogens (tertiary/aromatic N) is 3. The number of anilines is 1. The number of alkyl halides is 6. The van der Waals surface area contributed by atoms with Crippen molar-refractivity contribution >= 4 is 40.4 Å². The molecule has 0 radical (unpaired) electrons. The third-order valence-electron chi connectivity index (χ3n) is 7.54. The molecule has 9 nitrogen and oxygen atoms in total. The average Bonchev–Trinajstić information content (AvgIpc) is 3.61. The Morgan fingerprint density at radius 1 is 1.15 bits per heavy atom. The van der Waals surface area contributed by atoms with Gasteiger partial charge in [0, 0.05) is 23.8 Å². The zero-order valence-electron chi connectivity index (χ0n) is 22.1. The smallest absolute Gasteiger partial charge is 0.388 e. The number of aromatic nitrogens is 1. The maximum absolute atomic E-state index is 14.1. The first-order chi connectivity index (χ1) is 19.1. The average molecular weight is 610 g/mol. The molecule has 3 aliphatic heterocycles. The number of thiocarbonyl (C=S) groups is 1. The van der Waals surface area contributed by atoms with Crippen molar-refractivity contribution in [1.82, 2.24) is 15.2 Å². The Morgan fingerprint density at radius 3 is 2.27 bits per heavy atom. The molecule has 0 saturated carbocycles. The van der Waals surface area contributed by atoms with Crippen LogP contribution in [0.25, 0.3) is 0 Å². The molecule has 2 bridgehead atoms. The van der Waals surface area contributed by atoms with E-state index in [0.29, 0.717) is 37.9 Å². The van der Waals surface area contributed by atoms with E-state index < -0.39 is 70.2 Å². The number of carbonyl (C=O) groups excluding carboxylic acids is 2. The standard InChI is InChI=1S/C25H29F6N5O4S/c1-11(22(38)35-17-9-40-10-18(17)37)33-20(23(39)36-13-3-4-14(36)6-5-13)21(41)15-8-32-19(7-16(15)25(29,30)31)34-12(2)24(26,27)28/h7-8,12-14,17-18,20,37H,3-6,9-10H2,1-2H3,(H,32,34)(H,35,38)/t12-,13?,14?,17-,18+,20?/m0/s1. The minimum absolute atomic E-state index is 0.00386. The number of carbonyl (C=O) groups is 2. The van der Waals surface area contributed by atoms with Crippen molar-refractivity contribution in [3.63, 3.8) is 0 Å². The van der Waals surface area contributed by atoms with Crippen LogP contribution in [0.1, 0.15) is 50.7 Å². The zero-order valence-corrected chi connectivity index (χ0v) is 22.9. The highest BCUT2D eigenvalue weighted by Gasteiger charge is 2.46. The van der Waals surface area contributed by atoms with E-state index >= 15 is 0 Å². The Morgan fingerprint density at radius 2 is 1.76 bits per heavy atom. The second-order valence-electron chi connectivity index (χ2n) is 10.4. The van der Waals surface area contributed by atoms with Crippen LogP contribution in [0.15, 0.2) is 17.3 Å². The number of rotatable bonds is 8. The predicted molar refractivity (Wildman–Crippen MR) is 139 cm³/mol. The van der Waals surface area contributed by atoms with Gasteiger partial charge < -0.3 is 25.4 Å². The third kappa shape index (κ3) is 6.80. The normalized spacial score (nSPS) is 26.2. The fourth-order valence-electron chi connectivity index (χ4n) is 5.26. The molecule has 0 aromatic carbocycles. The van der Waals surface area contributed by atoms with Crippen LogP contribution < -0.4 is 10.6 Å². The molecule has 226 valence electrons. The zero-order chi connectivity index (χ0) is 30.3. The number of hydrogen-bond donors (Lipinski definition) is 3. The number of fused-ring (bicyclic) bond motifs is 2. The number of amides is 2. The summed E-state index contributed by atoms with van der Waals surface area (Å²) in [5.41, 5.74) is -2.38. The lowest BCUT2D eigenvalue weighted by Gasteiger charge is -2.27. The lowest BCUT2D eigenvalue weighted by Crippen LogP contribution is -2.47. The number of hydrogen-bond acceptors (Lipinski definition) is 8. The van der Waals surface area contributed by atoms with E-state index in [2.05, 4.69) is 15.3 Å². The molecule has 2 amide bonds. The minimum Gasteiger partial charge on any atom is -0.388 e. The van der Waals surface area contributed by atoms with E-state index in [1.165, 1.54) is 6.92 Å². The maximum Gasteiger partial charge on any atom is 0.417 e. The fraction of sp³-hybridized carbons (Fsp3) is 0.640. The molecule has 41 heavy (non-hydrogen) atoms. The van der Waals surface area contributed by atoms with Gasteiger partial charge in [-0.05, 0) is 45.6 Å². The Balaban J connectivity index is 1.69. The van der Waals surface area contributed by atoms with Gasteiger partial charge in [-0.15, -0.1) is 0 Å². The third-order valence-corrected chi connectivity index (χ3v) is 7.98. The summed E-state index contributed by atoms with van der Waals surface area (Å²) in [6.45, 7) is 2.02. The van der Waals surface area contributed by atoms with Crippen LogP contribution >= 0.6 is 12.2 Å². The molecular formula is C25H29F6N5O4S. The van der Waals surface area contributed by atoms with Crippen LogP contribution in [0.3, 0.4) is 0 Å². The second-order valence-corrected chi connectivity index (χ2v) is 10.8. The van der Waals surface area contributed by atoms with E-state index in [1.54, 1.807) is 4.90 Å². The topological polar surface area (TPSA) is 116 Å². The van der Waals surface area contributed by atoms with Crippen LogP contribution in [0.2, 0.25) is 0 Å². The van der Waals surface area contributed by atoms with E-state index in [0.717, 1.165) is 6.92 Å². The van der Waals surface area contributed by atoms with Crippen molar-refractivity contribution < 1.29 is 45.8 Å². The number of halogens is 6. The van der Waals surface area contributed by atoms with Crippen molar-refractivity contribution in [2.24, 2.45) is 4.99 Å². The molecule has 4 atom stereocenters. The van der Waals surface area contributed by atoms with Gasteiger partial charge in [0.25, 0.3) is 11.8 Å². The number of aliphatic hydroxyl groups excluding tert-OH is 1. The monoisotopic (exact) mass is 609 g/mol. The van der Waals surface area contributed by atoms with Crippen molar-refractivity contribution in [1.29, 1.82) is 0 Å². The largest absolute Gasteiger partial charge is 0.417 e. The highest BCUT2D eigenvalue weighted by Crippen LogP contribution is 2.39. The molecule has 0 spiro atoms. The summed E-state index contributed by atoms with van der Waals surface area (Å²) in [5, 5.41) is 14.3. The van der Waals surface area contributed by atoms with E-state index in [-0.39, 0.29) is 31.0 Å². The summed E-state index contributed by atoms with van der Waals surface area (Å²) >= 11 is 5.38. The summed E-state index contributed by atoms with van der Waals surface area (Å²) in [6, 6.07) is -4.52. The van der Waals surface area contributed by atoms with Gasteiger partial charge in [0.2, 0.25) is 0 Å². The highest BCUT2D eigenvalue weighted by atomic mass is 32.1. The first-order valence-corrected chi connectivity index (χ1v) is 13.4. The molecule has 3 N–H and O–H groups in total. The maximum atomic E-state index is 14.1. The van der Waals surface area contributed by atoms with Gasteiger partial charge in [-0.1, -0.05) is 12.2 Å². The summed E-state index contributed by atoms with van der Waals surface area (Å²) in [5.74, 6) is -2.14. The molecule has 1 aromatic rings. The van der Waals surface area contributed by atoms with E-state index in [9.17, 15) is 41.0 Å². The minimum atomic E-state index is -5.07. The Labute approximate surface area is 236 Å². The van der Waals surface area contributed by atoms with Crippen molar-refractivity contribution in [3.8, 4) is 0 Å². The molecule has 3 fully saturated rings. The first kappa shape index (κ1) is 31.1. The van der Waals surface area contributed by atoms with Crippen LogP contribution in [0.4, 0.5) is 32.2 Å². The summed E-state index contributed by atoms with van der Waals surface area (Å²) in [4.78, 5) is 35.4. The van der Waals surface area contributed by atoms with Crippen molar-refractivity contribution in [2.45, 2.75) is 88.2 Å². The van der Waals surface area contributed by atoms with Gasteiger partial charge in [0.15, 0.2) is 6.04 Å². The van der Waals surface area contributed by atoms with Crippen LogP contribution in [-0.2, 0) is 20.5 Å². The summed E-state index contributed by atoms with van der Waals surface area (Å²) in [7, 11) is 0. The van der Waals surface area contributed by atoms with E-state index in [4.69, 9.17) is 17.0 Å². The van der Waals surface area contributed by atoms with Gasteiger partial charge in [-0.25, -0.2) is 4.98 Å². The van der Waals surface area contributed by atoms with Crippen LogP contribution in [0.5, 0.6) is 0 Å². The van der Waals surface area contributed by atoms with E-state index in [1.807, 2.05) is 5.32 Å². The fourth-order valence-corrected chi connectivity index (χ4v) is 5.58. The van der Waals surface area contributed by atoms with Gasteiger partial charge in [-0.3, -0.25) is 14.6 Å². The Kier molecular flexibility index (Phi) is 8.95. The molecule has 3 aliphatic rings. The number of ether oxygens (including phenoxy) is 1. The first-order valence-electron chi connectivity index (χ1n) is 13.0. The lowest BCUT2D eigenvalue weighted by molar-refractivity contribution is -0.138.